The van der Waals surface area contributed by atoms with Crippen molar-refractivity contribution in [3.8, 4) is 10.4 Å². The van der Waals surface area contributed by atoms with Crippen LogP contribution in [-0.4, -0.2) is 41.3 Å². The normalized spacial score (nSPS) is 18.2. The number of pyridine rings is 1. The summed E-state index contributed by atoms with van der Waals surface area (Å²) in [6, 6.07) is 18.2. The summed E-state index contributed by atoms with van der Waals surface area (Å²) in [4.78, 5) is 33.3. The first kappa shape index (κ1) is 21.2. The Hall–Kier alpha value is -2.99. The van der Waals surface area contributed by atoms with Gasteiger partial charge in [-0.3, -0.25) is 14.6 Å². The van der Waals surface area contributed by atoms with E-state index >= 15 is 0 Å². The SMILES string of the molecule is CCNC(=O)C1(Cc2ccc(-c3cccs3)cc2)CCN(C(=O)Cc2ccccn2)C1. The predicted molar refractivity (Wildman–Crippen MR) is 124 cm³/mol. The number of amides is 2. The Balaban J connectivity index is 1.50. The molecule has 1 N–H and O–H groups in total. The van der Waals surface area contributed by atoms with Gasteiger partial charge in [-0.15, -0.1) is 11.3 Å². The summed E-state index contributed by atoms with van der Waals surface area (Å²) in [5, 5.41) is 5.08. The lowest BCUT2D eigenvalue weighted by molar-refractivity contribution is -0.132. The van der Waals surface area contributed by atoms with E-state index in [1.807, 2.05) is 36.1 Å². The second kappa shape index (κ2) is 9.43. The van der Waals surface area contributed by atoms with Crippen LogP contribution in [0.3, 0.4) is 0 Å². The second-order valence-electron chi connectivity index (χ2n) is 8.05. The molecule has 1 unspecified atom stereocenters. The van der Waals surface area contributed by atoms with E-state index in [9.17, 15) is 9.59 Å². The van der Waals surface area contributed by atoms with Crippen LogP contribution in [0.2, 0.25) is 0 Å². The van der Waals surface area contributed by atoms with Crippen molar-refractivity contribution < 1.29 is 9.59 Å². The van der Waals surface area contributed by atoms with Gasteiger partial charge < -0.3 is 10.2 Å². The maximum atomic E-state index is 13.1. The third-order valence-corrected chi connectivity index (χ3v) is 6.81. The van der Waals surface area contributed by atoms with Crippen LogP contribution in [0.15, 0.2) is 66.2 Å². The average Bonchev–Trinajstić information content (AvgIpc) is 3.47. The molecule has 3 aromatic rings. The smallest absolute Gasteiger partial charge is 0.228 e. The van der Waals surface area contributed by atoms with Gasteiger partial charge in [-0.1, -0.05) is 36.4 Å². The number of thiophene rings is 1. The zero-order valence-electron chi connectivity index (χ0n) is 17.7. The first-order chi connectivity index (χ1) is 15.1. The first-order valence-corrected chi connectivity index (χ1v) is 11.6. The third kappa shape index (κ3) is 4.85. The van der Waals surface area contributed by atoms with Gasteiger partial charge in [0.05, 0.1) is 11.8 Å². The molecule has 0 aliphatic carbocycles. The van der Waals surface area contributed by atoms with Gasteiger partial charge in [0, 0.05) is 36.4 Å². The monoisotopic (exact) mass is 433 g/mol. The van der Waals surface area contributed by atoms with Gasteiger partial charge in [0.2, 0.25) is 11.8 Å². The minimum atomic E-state index is -0.597. The molecule has 1 saturated heterocycles. The molecule has 0 spiro atoms. The fourth-order valence-electron chi connectivity index (χ4n) is 4.23. The molecule has 4 rings (SSSR count). The number of carbonyl (C=O) groups is 2. The van der Waals surface area contributed by atoms with Crippen molar-refractivity contribution in [2.45, 2.75) is 26.2 Å². The van der Waals surface area contributed by atoms with Crippen LogP contribution in [0.25, 0.3) is 10.4 Å². The number of carbonyl (C=O) groups excluding carboxylic acids is 2. The Morgan fingerprint density at radius 2 is 1.97 bits per heavy atom. The van der Waals surface area contributed by atoms with Gasteiger partial charge in [-0.2, -0.15) is 0 Å². The summed E-state index contributed by atoms with van der Waals surface area (Å²) in [7, 11) is 0. The van der Waals surface area contributed by atoms with Crippen molar-refractivity contribution in [1.29, 1.82) is 0 Å². The first-order valence-electron chi connectivity index (χ1n) is 10.7. The largest absolute Gasteiger partial charge is 0.356 e. The fraction of sp³-hybridized carbons (Fsp3) is 0.320. The van der Waals surface area contributed by atoms with Gasteiger partial charge in [-0.05, 0) is 54.5 Å². The highest BCUT2D eigenvalue weighted by atomic mass is 32.1. The van der Waals surface area contributed by atoms with Gasteiger partial charge >= 0.3 is 0 Å². The third-order valence-electron chi connectivity index (χ3n) is 5.89. The van der Waals surface area contributed by atoms with Crippen molar-refractivity contribution in [2.24, 2.45) is 5.41 Å². The van der Waals surface area contributed by atoms with Crippen molar-refractivity contribution in [1.82, 2.24) is 15.2 Å². The Labute approximate surface area is 187 Å². The predicted octanol–water partition coefficient (Wildman–Crippen LogP) is 3.95. The lowest BCUT2D eigenvalue weighted by Gasteiger charge is -2.28. The van der Waals surface area contributed by atoms with Crippen molar-refractivity contribution in [3.05, 3.63) is 77.4 Å². The van der Waals surface area contributed by atoms with Crippen molar-refractivity contribution >= 4 is 23.2 Å². The Kier molecular flexibility index (Phi) is 6.47. The number of nitrogens with zero attached hydrogens (tertiary/aromatic N) is 2. The number of rotatable bonds is 7. The number of hydrogen-bond donors (Lipinski definition) is 1. The lowest BCUT2D eigenvalue weighted by atomic mass is 9.79. The Morgan fingerprint density at radius 3 is 2.65 bits per heavy atom. The highest BCUT2D eigenvalue weighted by Gasteiger charge is 2.45. The molecule has 2 amide bonds. The summed E-state index contributed by atoms with van der Waals surface area (Å²) in [6.45, 7) is 3.55. The molecule has 31 heavy (non-hydrogen) atoms. The van der Waals surface area contributed by atoms with Gasteiger partial charge in [0.15, 0.2) is 0 Å². The molecule has 1 aliphatic heterocycles. The molecule has 1 aromatic carbocycles. The molecule has 1 fully saturated rings. The summed E-state index contributed by atoms with van der Waals surface area (Å²) < 4.78 is 0. The van der Waals surface area contributed by atoms with E-state index in [-0.39, 0.29) is 18.2 Å². The summed E-state index contributed by atoms with van der Waals surface area (Å²) in [6.07, 6.45) is 3.25. The van der Waals surface area contributed by atoms with Crippen molar-refractivity contribution in [3.63, 3.8) is 0 Å². The summed E-state index contributed by atoms with van der Waals surface area (Å²) in [5.41, 5.74) is 2.46. The fourth-order valence-corrected chi connectivity index (χ4v) is 4.97. The zero-order chi connectivity index (χ0) is 21.7. The molecule has 1 atom stereocenters. The average molecular weight is 434 g/mol. The quantitative estimate of drug-likeness (QED) is 0.614. The van der Waals surface area contributed by atoms with Crippen LogP contribution in [0.5, 0.6) is 0 Å². The van der Waals surface area contributed by atoms with Crippen LogP contribution >= 0.6 is 11.3 Å². The van der Waals surface area contributed by atoms with Crippen LogP contribution < -0.4 is 5.32 Å². The molecule has 0 radical (unpaired) electrons. The minimum Gasteiger partial charge on any atom is -0.356 e. The molecule has 6 heteroatoms. The molecule has 5 nitrogen and oxygen atoms in total. The van der Waals surface area contributed by atoms with E-state index in [0.717, 1.165) is 11.3 Å². The van der Waals surface area contributed by atoms with E-state index < -0.39 is 5.41 Å². The minimum absolute atomic E-state index is 0.0258. The molecule has 160 valence electrons. The topological polar surface area (TPSA) is 62.3 Å². The molecule has 2 aromatic heterocycles. The molecular weight excluding hydrogens is 406 g/mol. The Bertz CT molecular complexity index is 1020. The lowest BCUT2D eigenvalue weighted by Crippen LogP contribution is -2.45. The maximum Gasteiger partial charge on any atom is 0.228 e. The van der Waals surface area contributed by atoms with E-state index in [1.54, 1.807) is 17.5 Å². The van der Waals surface area contributed by atoms with Gasteiger partial charge in [0.25, 0.3) is 0 Å². The highest BCUT2D eigenvalue weighted by Crippen LogP contribution is 2.36. The summed E-state index contributed by atoms with van der Waals surface area (Å²) >= 11 is 1.72. The number of benzene rings is 1. The van der Waals surface area contributed by atoms with Crippen LogP contribution in [-0.2, 0) is 22.4 Å². The van der Waals surface area contributed by atoms with Crippen LogP contribution in [0.4, 0.5) is 0 Å². The number of hydrogen-bond acceptors (Lipinski definition) is 4. The van der Waals surface area contributed by atoms with Gasteiger partial charge in [-0.25, -0.2) is 0 Å². The molecule has 0 saturated carbocycles. The van der Waals surface area contributed by atoms with Gasteiger partial charge in [0.1, 0.15) is 0 Å². The molecule has 1 aliphatic rings. The van der Waals surface area contributed by atoms with E-state index in [2.05, 4.69) is 46.0 Å². The van der Waals surface area contributed by atoms with E-state index in [0.29, 0.717) is 32.5 Å². The van der Waals surface area contributed by atoms with Crippen molar-refractivity contribution in [2.75, 3.05) is 19.6 Å². The number of aromatic nitrogens is 1. The number of likely N-dealkylation sites (tertiary alicyclic amines) is 1. The zero-order valence-corrected chi connectivity index (χ0v) is 18.5. The molecule has 0 bridgehead atoms. The Morgan fingerprint density at radius 1 is 1.13 bits per heavy atom. The standard InChI is InChI=1S/C25H27N3O2S/c1-2-26-24(30)25(17-19-8-10-20(11-9-19)22-7-5-15-31-22)12-14-28(18-25)23(29)16-21-6-3-4-13-27-21/h3-11,13,15H,2,12,14,16-18H2,1H3,(H,26,30). The second-order valence-corrected chi connectivity index (χ2v) is 9.00. The van der Waals surface area contributed by atoms with E-state index in [1.165, 1.54) is 10.4 Å². The molecular formula is C25H27N3O2S. The maximum absolute atomic E-state index is 13.1. The summed E-state index contributed by atoms with van der Waals surface area (Å²) in [5.74, 6) is 0.0587. The highest BCUT2D eigenvalue weighted by molar-refractivity contribution is 7.13. The van der Waals surface area contributed by atoms with E-state index in [4.69, 9.17) is 0 Å². The number of nitrogens with one attached hydrogen (secondary N) is 1. The van der Waals surface area contributed by atoms with Crippen LogP contribution in [0, 0.1) is 5.41 Å². The molecule has 3 heterocycles. The van der Waals surface area contributed by atoms with Crippen LogP contribution in [0.1, 0.15) is 24.6 Å².